The molecule has 0 atom stereocenters. The smallest absolute Gasteiger partial charge is 0.266 e. The third-order valence-corrected chi connectivity index (χ3v) is 5.64. The van der Waals surface area contributed by atoms with Crippen LogP contribution in [0.2, 0.25) is 0 Å². The number of hydrogen-bond donors (Lipinski definition) is 0. The van der Waals surface area contributed by atoms with E-state index in [1.807, 2.05) is 38.7 Å². The Bertz CT molecular complexity index is 1150. The summed E-state index contributed by atoms with van der Waals surface area (Å²) in [6, 6.07) is 7.01. The van der Waals surface area contributed by atoms with Gasteiger partial charge in [-0.1, -0.05) is 0 Å². The number of piperazine rings is 1. The predicted octanol–water partition coefficient (Wildman–Crippen LogP) is 1.71. The van der Waals surface area contributed by atoms with Gasteiger partial charge in [-0.25, -0.2) is 9.36 Å². The van der Waals surface area contributed by atoms with Gasteiger partial charge >= 0.3 is 0 Å². The van der Waals surface area contributed by atoms with Gasteiger partial charge in [0.15, 0.2) is 5.82 Å². The van der Waals surface area contributed by atoms with Gasteiger partial charge in [0.05, 0.1) is 17.8 Å². The van der Waals surface area contributed by atoms with Crippen molar-refractivity contribution < 1.29 is 9.21 Å². The topological polar surface area (TPSA) is 89.4 Å². The molecule has 1 saturated heterocycles. The van der Waals surface area contributed by atoms with Gasteiger partial charge in [0.25, 0.3) is 11.5 Å². The van der Waals surface area contributed by atoms with E-state index >= 15 is 0 Å². The van der Waals surface area contributed by atoms with Gasteiger partial charge in [0.2, 0.25) is 0 Å². The molecule has 4 heterocycles. The number of carbonyl (C=O) groups is 1. The zero-order valence-electron chi connectivity index (χ0n) is 18.5. The molecule has 0 bridgehead atoms. The number of nitrogens with zero attached hydrogens (tertiary/aromatic N) is 6. The third-order valence-electron chi connectivity index (χ3n) is 5.64. The second-order valence-electron chi connectivity index (χ2n) is 8.05. The van der Waals surface area contributed by atoms with E-state index < -0.39 is 0 Å². The molecule has 1 aliphatic rings. The molecule has 164 valence electrons. The van der Waals surface area contributed by atoms with Crippen molar-refractivity contribution >= 4 is 5.91 Å². The monoisotopic (exact) mass is 424 g/mol. The molecule has 9 nitrogen and oxygen atoms in total. The largest absolute Gasteiger partial charge is 0.466 e. The van der Waals surface area contributed by atoms with E-state index in [-0.39, 0.29) is 11.5 Å². The molecule has 0 radical (unpaired) electrons. The average Bonchev–Trinajstić information content (AvgIpc) is 3.26. The Morgan fingerprint density at radius 1 is 1.00 bits per heavy atom. The zero-order valence-corrected chi connectivity index (χ0v) is 18.5. The molecule has 0 aliphatic carbocycles. The maximum absolute atomic E-state index is 12.7. The van der Waals surface area contributed by atoms with Crippen LogP contribution in [0.3, 0.4) is 0 Å². The summed E-state index contributed by atoms with van der Waals surface area (Å²) in [5.74, 6) is 2.06. The first-order valence-corrected chi connectivity index (χ1v) is 10.5. The molecule has 1 amide bonds. The van der Waals surface area contributed by atoms with E-state index in [9.17, 15) is 9.59 Å². The number of aromatic nitrogens is 4. The second kappa shape index (κ2) is 8.50. The van der Waals surface area contributed by atoms with Crippen LogP contribution >= 0.6 is 0 Å². The van der Waals surface area contributed by atoms with Gasteiger partial charge in [-0.15, -0.1) is 5.10 Å². The highest BCUT2D eigenvalue weighted by Crippen LogP contribution is 2.17. The lowest BCUT2D eigenvalue weighted by Crippen LogP contribution is -2.49. The summed E-state index contributed by atoms with van der Waals surface area (Å²) in [7, 11) is 0. The lowest BCUT2D eigenvalue weighted by molar-refractivity contribution is 0.0629. The summed E-state index contributed by atoms with van der Waals surface area (Å²) < 4.78 is 8.73. The summed E-state index contributed by atoms with van der Waals surface area (Å²) >= 11 is 0. The fourth-order valence-electron chi connectivity index (χ4n) is 4.00. The molecule has 0 saturated carbocycles. The number of aryl methyl sites for hydroxylation is 4. The van der Waals surface area contributed by atoms with Gasteiger partial charge in [-0.3, -0.25) is 14.5 Å². The van der Waals surface area contributed by atoms with E-state index in [4.69, 9.17) is 4.42 Å². The minimum absolute atomic E-state index is 0.0180. The highest BCUT2D eigenvalue weighted by molar-refractivity contribution is 5.95. The number of amides is 1. The van der Waals surface area contributed by atoms with Crippen LogP contribution in [0, 0.1) is 27.7 Å². The third kappa shape index (κ3) is 4.46. The Morgan fingerprint density at radius 3 is 2.35 bits per heavy atom. The van der Waals surface area contributed by atoms with Crippen molar-refractivity contribution in [2.45, 2.75) is 34.2 Å². The Morgan fingerprint density at radius 2 is 1.74 bits per heavy atom. The van der Waals surface area contributed by atoms with E-state index in [0.29, 0.717) is 43.3 Å². The molecule has 0 unspecified atom stereocenters. The van der Waals surface area contributed by atoms with Crippen molar-refractivity contribution in [3.63, 3.8) is 0 Å². The van der Waals surface area contributed by atoms with E-state index in [2.05, 4.69) is 15.1 Å². The average molecular weight is 425 g/mol. The molecule has 31 heavy (non-hydrogen) atoms. The zero-order chi connectivity index (χ0) is 22.1. The minimum Gasteiger partial charge on any atom is -0.466 e. The van der Waals surface area contributed by atoms with Crippen molar-refractivity contribution in [2.24, 2.45) is 0 Å². The summed E-state index contributed by atoms with van der Waals surface area (Å²) in [5, 5.41) is 8.94. The predicted molar refractivity (Wildman–Crippen MR) is 116 cm³/mol. The normalized spacial score (nSPS) is 14.9. The highest BCUT2D eigenvalue weighted by atomic mass is 16.3. The van der Waals surface area contributed by atoms with Crippen molar-refractivity contribution in [3.8, 4) is 5.82 Å². The first-order valence-electron chi connectivity index (χ1n) is 10.5. The van der Waals surface area contributed by atoms with Crippen LogP contribution < -0.4 is 5.56 Å². The SMILES string of the molecule is Cc1cc(C)n(-c2ccc(=O)n(CCN3CCN(C(=O)c4cc(C)oc4C)CC3)n2)n1. The molecule has 3 aromatic heterocycles. The molecule has 1 fully saturated rings. The molecule has 9 heteroatoms. The summed E-state index contributed by atoms with van der Waals surface area (Å²) in [6.07, 6.45) is 0. The number of rotatable bonds is 5. The van der Waals surface area contributed by atoms with Crippen LogP contribution in [0.5, 0.6) is 0 Å². The molecular weight excluding hydrogens is 396 g/mol. The molecular formula is C22H28N6O3. The van der Waals surface area contributed by atoms with Crippen LogP contribution in [-0.2, 0) is 6.54 Å². The standard InChI is InChI=1S/C22H28N6O3/c1-15-13-16(2)28(23-15)20-5-6-21(29)27(24-20)12-9-25-7-10-26(11-8-25)22(30)19-14-17(3)31-18(19)4/h5-6,13-14H,7-12H2,1-4H3. The van der Waals surface area contributed by atoms with Gasteiger partial charge in [-0.05, 0) is 45.9 Å². The van der Waals surface area contributed by atoms with Gasteiger partial charge in [0.1, 0.15) is 11.5 Å². The summed E-state index contributed by atoms with van der Waals surface area (Å²) in [5.41, 5.74) is 2.39. The molecule has 0 N–H and O–H groups in total. The fraction of sp³-hybridized carbons (Fsp3) is 0.455. The molecule has 0 spiro atoms. The molecule has 0 aromatic carbocycles. The van der Waals surface area contributed by atoms with Crippen molar-refractivity contribution in [1.82, 2.24) is 29.4 Å². The van der Waals surface area contributed by atoms with E-state index in [1.165, 1.54) is 10.7 Å². The summed E-state index contributed by atoms with van der Waals surface area (Å²) in [6.45, 7) is 11.6. The Hall–Kier alpha value is -3.20. The van der Waals surface area contributed by atoms with Crippen molar-refractivity contribution in [3.05, 3.63) is 63.1 Å². The van der Waals surface area contributed by atoms with Crippen molar-refractivity contribution in [1.29, 1.82) is 0 Å². The fourth-order valence-corrected chi connectivity index (χ4v) is 4.00. The molecule has 3 aromatic rings. The van der Waals surface area contributed by atoms with Crippen LogP contribution in [-0.4, -0.2) is 68.0 Å². The van der Waals surface area contributed by atoms with Crippen LogP contribution in [0.4, 0.5) is 0 Å². The van der Waals surface area contributed by atoms with Crippen LogP contribution in [0.15, 0.2) is 33.5 Å². The Labute approximate surface area is 180 Å². The van der Waals surface area contributed by atoms with Crippen LogP contribution in [0.1, 0.15) is 33.3 Å². The minimum atomic E-state index is -0.134. The first kappa shape index (κ1) is 21.0. The number of hydrogen-bond acceptors (Lipinski definition) is 6. The van der Waals surface area contributed by atoms with Gasteiger partial charge in [0, 0.05) is 44.5 Å². The lowest BCUT2D eigenvalue weighted by Gasteiger charge is -2.34. The van der Waals surface area contributed by atoms with Crippen molar-refractivity contribution in [2.75, 3.05) is 32.7 Å². The quantitative estimate of drug-likeness (QED) is 0.620. The first-order chi connectivity index (χ1) is 14.8. The lowest BCUT2D eigenvalue weighted by atomic mass is 10.2. The van der Waals surface area contributed by atoms with E-state index in [1.54, 1.807) is 16.8 Å². The van der Waals surface area contributed by atoms with Gasteiger partial charge in [-0.2, -0.15) is 5.10 Å². The maximum Gasteiger partial charge on any atom is 0.266 e. The van der Waals surface area contributed by atoms with E-state index in [0.717, 1.165) is 30.2 Å². The van der Waals surface area contributed by atoms with Gasteiger partial charge < -0.3 is 9.32 Å². The molecule has 1 aliphatic heterocycles. The molecule has 4 rings (SSSR count). The maximum atomic E-state index is 12.7. The second-order valence-corrected chi connectivity index (χ2v) is 8.05. The Balaban J connectivity index is 1.36. The number of furan rings is 1. The summed E-state index contributed by atoms with van der Waals surface area (Å²) in [4.78, 5) is 29.2. The highest BCUT2D eigenvalue weighted by Gasteiger charge is 2.24. The van der Waals surface area contributed by atoms with Crippen LogP contribution in [0.25, 0.3) is 5.82 Å². The number of carbonyl (C=O) groups excluding carboxylic acids is 1. The Kier molecular flexibility index (Phi) is 5.77.